The van der Waals surface area contributed by atoms with Crippen molar-refractivity contribution in [2.24, 2.45) is 5.84 Å². The molecule has 0 aromatic heterocycles. The Labute approximate surface area is 97.6 Å². The van der Waals surface area contributed by atoms with Crippen LogP contribution in [0.15, 0.2) is 30.3 Å². The summed E-state index contributed by atoms with van der Waals surface area (Å²) in [5.41, 5.74) is 3.10. The molecule has 0 heterocycles. The van der Waals surface area contributed by atoms with Gasteiger partial charge in [0.05, 0.1) is 0 Å². The third-order valence-corrected chi connectivity index (χ3v) is 2.61. The predicted octanol–water partition coefficient (Wildman–Crippen LogP) is 1.38. The monoisotopic (exact) mass is 241 g/mol. The van der Waals surface area contributed by atoms with Crippen LogP contribution in [0.25, 0.3) is 0 Å². The van der Waals surface area contributed by atoms with Crippen molar-refractivity contribution in [2.75, 3.05) is 0 Å². The Morgan fingerprint density at radius 1 is 1.40 bits per heavy atom. The Hall–Kier alpha value is -1.11. The van der Waals surface area contributed by atoms with Gasteiger partial charge < -0.3 is 5.32 Å². The number of thioether (sulfide) groups is 1. The number of thiocarbonyl (C=S) groups is 1. The lowest BCUT2D eigenvalue weighted by Gasteiger charge is -2.05. The van der Waals surface area contributed by atoms with Gasteiger partial charge in [0.1, 0.15) is 4.32 Å². The molecule has 0 atom stereocenters. The highest BCUT2D eigenvalue weighted by Crippen LogP contribution is 2.04. The molecule has 0 aliphatic heterocycles. The van der Waals surface area contributed by atoms with Crippen LogP contribution >= 0.6 is 24.0 Å². The third kappa shape index (κ3) is 4.78. The Morgan fingerprint density at radius 2 is 2.07 bits per heavy atom. The first kappa shape index (κ1) is 12.0. The SMILES string of the molecule is NNC(=O)SC(=S)NCc1ccccc1. The van der Waals surface area contributed by atoms with Crippen LogP contribution in [0.5, 0.6) is 0 Å². The molecule has 1 amide bonds. The lowest BCUT2D eigenvalue weighted by molar-refractivity contribution is 0.261. The summed E-state index contributed by atoms with van der Waals surface area (Å²) in [4.78, 5) is 10.8. The summed E-state index contributed by atoms with van der Waals surface area (Å²) in [6.45, 7) is 0.602. The predicted molar refractivity (Wildman–Crippen MR) is 66.2 cm³/mol. The standard InChI is InChI=1S/C9H11N3OS2/c10-12-8(13)15-9(14)11-6-7-4-2-1-3-5-7/h1-5H,6,10H2,(H,11,14)(H,12,13). The first-order valence-electron chi connectivity index (χ1n) is 4.22. The topological polar surface area (TPSA) is 67.1 Å². The minimum absolute atomic E-state index is 0.374. The zero-order valence-corrected chi connectivity index (χ0v) is 9.53. The summed E-state index contributed by atoms with van der Waals surface area (Å²) in [7, 11) is 0. The number of hydrazine groups is 1. The van der Waals surface area contributed by atoms with E-state index in [4.69, 9.17) is 18.1 Å². The summed E-state index contributed by atoms with van der Waals surface area (Å²) in [5, 5.41) is 2.57. The summed E-state index contributed by atoms with van der Waals surface area (Å²) in [6.07, 6.45) is 0. The molecular weight excluding hydrogens is 230 g/mol. The van der Waals surface area contributed by atoms with E-state index in [9.17, 15) is 4.79 Å². The van der Waals surface area contributed by atoms with Crippen LogP contribution in [0.1, 0.15) is 5.56 Å². The molecule has 1 rings (SSSR count). The molecule has 80 valence electrons. The van der Waals surface area contributed by atoms with E-state index < -0.39 is 0 Å². The van der Waals surface area contributed by atoms with Crippen molar-refractivity contribution >= 4 is 33.5 Å². The molecule has 1 aromatic rings. The number of hydrogen-bond acceptors (Lipinski definition) is 4. The fourth-order valence-corrected chi connectivity index (χ4v) is 1.59. The Balaban J connectivity index is 2.32. The van der Waals surface area contributed by atoms with Gasteiger partial charge >= 0.3 is 0 Å². The summed E-state index contributed by atoms with van der Waals surface area (Å²) in [6, 6.07) is 9.78. The summed E-state index contributed by atoms with van der Waals surface area (Å²) < 4.78 is 0.404. The number of benzene rings is 1. The highest BCUT2D eigenvalue weighted by Gasteiger charge is 2.04. The molecule has 0 saturated carbocycles. The maximum absolute atomic E-state index is 10.8. The average Bonchev–Trinajstić information content (AvgIpc) is 2.27. The minimum atomic E-state index is -0.374. The van der Waals surface area contributed by atoms with Crippen LogP contribution in [0.4, 0.5) is 4.79 Å². The van der Waals surface area contributed by atoms with Gasteiger partial charge in [-0.15, -0.1) is 0 Å². The summed E-state index contributed by atoms with van der Waals surface area (Å²) in [5.74, 6) is 4.92. The van der Waals surface area contributed by atoms with E-state index in [0.717, 1.165) is 17.3 Å². The van der Waals surface area contributed by atoms with Gasteiger partial charge in [-0.2, -0.15) is 0 Å². The van der Waals surface area contributed by atoms with Gasteiger partial charge in [0.15, 0.2) is 0 Å². The third-order valence-electron chi connectivity index (χ3n) is 1.58. The average molecular weight is 241 g/mol. The van der Waals surface area contributed by atoms with Crippen molar-refractivity contribution in [3.63, 3.8) is 0 Å². The molecule has 6 heteroatoms. The molecule has 4 N–H and O–H groups in total. The lowest BCUT2D eigenvalue weighted by Crippen LogP contribution is -2.29. The van der Waals surface area contributed by atoms with Gasteiger partial charge in [0.2, 0.25) is 0 Å². The first-order chi connectivity index (χ1) is 7.22. The van der Waals surface area contributed by atoms with Crippen LogP contribution in [-0.2, 0) is 6.54 Å². The zero-order chi connectivity index (χ0) is 11.1. The molecule has 0 unspecified atom stereocenters. The number of rotatable bonds is 2. The number of amides is 1. The zero-order valence-electron chi connectivity index (χ0n) is 7.90. The van der Waals surface area contributed by atoms with Gasteiger partial charge in [-0.25, -0.2) is 5.84 Å². The largest absolute Gasteiger partial charge is 0.366 e. The molecule has 0 fully saturated rings. The van der Waals surface area contributed by atoms with E-state index >= 15 is 0 Å². The van der Waals surface area contributed by atoms with Crippen molar-refractivity contribution in [3.05, 3.63) is 35.9 Å². The fraction of sp³-hybridized carbons (Fsp3) is 0.111. The van der Waals surface area contributed by atoms with Gasteiger partial charge in [-0.3, -0.25) is 10.2 Å². The molecule has 0 spiro atoms. The van der Waals surface area contributed by atoms with Crippen LogP contribution in [0, 0.1) is 0 Å². The molecule has 0 bridgehead atoms. The number of nitrogens with one attached hydrogen (secondary N) is 2. The van der Waals surface area contributed by atoms with E-state index in [2.05, 4.69) is 5.32 Å². The van der Waals surface area contributed by atoms with Crippen molar-refractivity contribution in [2.45, 2.75) is 6.54 Å². The molecule has 0 aliphatic carbocycles. The van der Waals surface area contributed by atoms with Crippen molar-refractivity contribution in [1.82, 2.24) is 10.7 Å². The van der Waals surface area contributed by atoms with Crippen molar-refractivity contribution in [1.29, 1.82) is 0 Å². The Kier molecular flexibility index (Phi) is 5.09. The molecule has 1 aromatic carbocycles. The molecule has 0 radical (unpaired) electrons. The highest BCUT2D eigenvalue weighted by molar-refractivity contribution is 8.32. The van der Waals surface area contributed by atoms with E-state index in [1.807, 2.05) is 35.8 Å². The van der Waals surface area contributed by atoms with Crippen LogP contribution < -0.4 is 16.6 Å². The Morgan fingerprint density at radius 3 is 2.67 bits per heavy atom. The van der Waals surface area contributed by atoms with Gasteiger partial charge in [-0.05, 0) is 5.56 Å². The van der Waals surface area contributed by atoms with E-state index in [1.54, 1.807) is 0 Å². The second-order valence-electron chi connectivity index (χ2n) is 2.66. The number of nitrogens with two attached hydrogens (primary N) is 1. The molecule has 15 heavy (non-hydrogen) atoms. The van der Waals surface area contributed by atoms with Crippen LogP contribution in [-0.4, -0.2) is 9.56 Å². The highest BCUT2D eigenvalue weighted by atomic mass is 32.2. The van der Waals surface area contributed by atoms with E-state index in [1.165, 1.54) is 0 Å². The van der Waals surface area contributed by atoms with Crippen molar-refractivity contribution in [3.8, 4) is 0 Å². The molecule has 0 saturated heterocycles. The van der Waals surface area contributed by atoms with Crippen molar-refractivity contribution < 1.29 is 4.79 Å². The van der Waals surface area contributed by atoms with Gasteiger partial charge in [0.25, 0.3) is 5.24 Å². The molecule has 0 aliphatic rings. The smallest absolute Gasteiger partial charge is 0.300 e. The Bertz CT molecular complexity index is 342. The quantitative estimate of drug-likeness (QED) is 0.316. The second-order valence-corrected chi connectivity index (χ2v) is 4.31. The maximum atomic E-state index is 10.8. The number of carbonyl (C=O) groups excluding carboxylic acids is 1. The van der Waals surface area contributed by atoms with Gasteiger partial charge in [-0.1, -0.05) is 42.5 Å². The van der Waals surface area contributed by atoms with E-state index in [0.29, 0.717) is 10.9 Å². The second kappa shape index (κ2) is 6.39. The maximum Gasteiger partial charge on any atom is 0.300 e. The van der Waals surface area contributed by atoms with Crippen LogP contribution in [0.3, 0.4) is 0 Å². The first-order valence-corrected chi connectivity index (χ1v) is 5.45. The number of carbonyl (C=O) groups is 1. The fourth-order valence-electron chi connectivity index (χ4n) is 0.920. The van der Waals surface area contributed by atoms with E-state index in [-0.39, 0.29) is 5.24 Å². The molecular formula is C9H11N3OS2. The lowest BCUT2D eigenvalue weighted by atomic mass is 10.2. The number of hydrogen-bond donors (Lipinski definition) is 3. The van der Waals surface area contributed by atoms with Gasteiger partial charge in [0, 0.05) is 18.3 Å². The molecule has 4 nitrogen and oxygen atoms in total. The van der Waals surface area contributed by atoms with Crippen LogP contribution in [0.2, 0.25) is 0 Å². The minimum Gasteiger partial charge on any atom is -0.366 e. The summed E-state index contributed by atoms with van der Waals surface area (Å²) >= 11 is 5.80. The normalized spacial score (nSPS) is 9.40.